The minimum absolute atomic E-state index is 0.0373. The van der Waals surface area contributed by atoms with Gasteiger partial charge in [0.15, 0.2) is 6.61 Å². The Bertz CT molecular complexity index is 1060. The first-order valence-corrected chi connectivity index (χ1v) is 11.0. The highest BCUT2D eigenvalue weighted by molar-refractivity contribution is 7.13. The van der Waals surface area contributed by atoms with E-state index in [1.54, 1.807) is 22.7 Å². The maximum absolute atomic E-state index is 12.5. The molecule has 1 N–H and O–H groups in total. The molecule has 2 heterocycles. The van der Waals surface area contributed by atoms with Crippen LogP contribution in [-0.2, 0) is 4.79 Å². The number of aryl methyl sites for hydroxylation is 1. The van der Waals surface area contributed by atoms with Crippen molar-refractivity contribution >= 4 is 28.6 Å². The first kappa shape index (κ1) is 19.4. The lowest BCUT2D eigenvalue weighted by Gasteiger charge is -2.18. The van der Waals surface area contributed by atoms with Crippen molar-refractivity contribution in [1.82, 2.24) is 10.3 Å². The maximum Gasteiger partial charge on any atom is 0.258 e. The Morgan fingerprint density at radius 1 is 1.03 bits per heavy atom. The number of nitrogens with one attached hydrogen (secondary N) is 1. The average Bonchev–Trinajstić information content (AvgIpc) is 3.43. The van der Waals surface area contributed by atoms with Crippen molar-refractivity contribution in [3.8, 4) is 16.3 Å². The van der Waals surface area contributed by atoms with Crippen LogP contribution in [0.15, 0.2) is 77.5 Å². The smallest absolute Gasteiger partial charge is 0.258 e. The van der Waals surface area contributed by atoms with Gasteiger partial charge in [-0.25, -0.2) is 4.98 Å². The molecule has 146 valence electrons. The van der Waals surface area contributed by atoms with Gasteiger partial charge in [0.25, 0.3) is 5.91 Å². The quantitative estimate of drug-likeness (QED) is 0.432. The third-order valence-electron chi connectivity index (χ3n) is 4.36. The minimum Gasteiger partial charge on any atom is -0.484 e. The number of hydrogen-bond donors (Lipinski definition) is 1. The molecule has 4 rings (SSSR count). The Morgan fingerprint density at radius 3 is 2.48 bits per heavy atom. The highest BCUT2D eigenvalue weighted by Crippen LogP contribution is 2.27. The molecule has 0 saturated heterocycles. The van der Waals surface area contributed by atoms with Gasteiger partial charge in [-0.1, -0.05) is 36.4 Å². The molecule has 2 aromatic heterocycles. The van der Waals surface area contributed by atoms with Gasteiger partial charge in [-0.3, -0.25) is 4.79 Å². The van der Waals surface area contributed by atoms with Crippen LogP contribution in [0.2, 0.25) is 0 Å². The number of carbonyl (C=O) groups is 1. The Balaban J connectivity index is 1.38. The molecule has 0 aliphatic rings. The molecule has 2 aromatic carbocycles. The van der Waals surface area contributed by atoms with Gasteiger partial charge in [0.05, 0.1) is 6.04 Å². The van der Waals surface area contributed by atoms with E-state index >= 15 is 0 Å². The predicted octanol–water partition coefficient (Wildman–Crippen LogP) is 5.46. The molecule has 0 unspecified atom stereocenters. The molecule has 0 spiro atoms. The summed E-state index contributed by atoms with van der Waals surface area (Å²) in [6, 6.07) is 21.5. The van der Waals surface area contributed by atoms with Crippen LogP contribution in [0.25, 0.3) is 10.6 Å². The first-order valence-electron chi connectivity index (χ1n) is 9.22. The van der Waals surface area contributed by atoms with Crippen molar-refractivity contribution in [2.24, 2.45) is 0 Å². The average molecular weight is 421 g/mol. The zero-order chi connectivity index (χ0) is 20.1. The van der Waals surface area contributed by atoms with Gasteiger partial charge in [-0.05, 0) is 48.2 Å². The van der Waals surface area contributed by atoms with Crippen LogP contribution < -0.4 is 10.1 Å². The van der Waals surface area contributed by atoms with E-state index in [0.29, 0.717) is 5.75 Å². The fourth-order valence-electron chi connectivity index (χ4n) is 2.95. The Morgan fingerprint density at radius 2 is 1.83 bits per heavy atom. The van der Waals surface area contributed by atoms with E-state index in [4.69, 9.17) is 4.74 Å². The van der Waals surface area contributed by atoms with Gasteiger partial charge in [0, 0.05) is 21.5 Å². The Labute approximate surface area is 177 Å². The van der Waals surface area contributed by atoms with E-state index in [1.165, 1.54) is 0 Å². The molecule has 0 bridgehead atoms. The number of thiophene rings is 1. The number of rotatable bonds is 7. The molecular formula is C23H20N2O2S2. The van der Waals surface area contributed by atoms with Crippen LogP contribution in [0, 0.1) is 6.92 Å². The SMILES string of the molecule is Cc1csc(-c2ccc(OCC(=O)N[C@H](c3ccccc3)c3cccs3)cc2)n1. The second-order valence-electron chi connectivity index (χ2n) is 6.53. The van der Waals surface area contributed by atoms with E-state index in [2.05, 4.69) is 10.3 Å². The molecule has 4 nitrogen and oxygen atoms in total. The number of amides is 1. The topological polar surface area (TPSA) is 51.2 Å². The number of benzene rings is 2. The van der Waals surface area contributed by atoms with Gasteiger partial charge >= 0.3 is 0 Å². The standard InChI is InChI=1S/C23H20N2O2S2/c1-16-15-29-23(24-16)18-9-11-19(12-10-18)27-14-21(26)25-22(20-8-5-13-28-20)17-6-3-2-4-7-17/h2-13,15,22H,14H2,1H3,(H,25,26)/t22-/m1/s1. The van der Waals surface area contributed by atoms with Crippen LogP contribution in [-0.4, -0.2) is 17.5 Å². The number of hydrogen-bond acceptors (Lipinski definition) is 5. The lowest BCUT2D eigenvalue weighted by molar-refractivity contribution is -0.123. The number of carbonyl (C=O) groups excluding carboxylic acids is 1. The summed E-state index contributed by atoms with van der Waals surface area (Å²) in [7, 11) is 0. The largest absolute Gasteiger partial charge is 0.484 e. The van der Waals surface area contributed by atoms with Gasteiger partial charge in [-0.2, -0.15) is 0 Å². The Kier molecular flexibility index (Phi) is 6.03. The number of thiazole rings is 1. The molecule has 0 saturated carbocycles. The second kappa shape index (κ2) is 9.03. The van der Waals surface area contributed by atoms with Crippen LogP contribution in [0.5, 0.6) is 5.75 Å². The molecule has 4 aromatic rings. The van der Waals surface area contributed by atoms with E-state index in [0.717, 1.165) is 26.7 Å². The van der Waals surface area contributed by atoms with E-state index in [1.807, 2.05) is 84.4 Å². The lowest BCUT2D eigenvalue weighted by Crippen LogP contribution is -2.32. The second-order valence-corrected chi connectivity index (χ2v) is 8.37. The molecule has 1 amide bonds. The van der Waals surface area contributed by atoms with Crippen molar-refractivity contribution in [3.63, 3.8) is 0 Å². The third-order valence-corrected chi connectivity index (χ3v) is 6.30. The monoisotopic (exact) mass is 420 g/mol. The van der Waals surface area contributed by atoms with Gasteiger partial charge in [0.1, 0.15) is 10.8 Å². The lowest BCUT2D eigenvalue weighted by atomic mass is 10.1. The van der Waals surface area contributed by atoms with Crippen molar-refractivity contribution in [3.05, 3.63) is 93.6 Å². The maximum atomic E-state index is 12.5. The molecule has 0 aliphatic carbocycles. The van der Waals surface area contributed by atoms with Crippen molar-refractivity contribution in [2.75, 3.05) is 6.61 Å². The zero-order valence-electron chi connectivity index (χ0n) is 15.9. The van der Waals surface area contributed by atoms with Crippen molar-refractivity contribution < 1.29 is 9.53 Å². The van der Waals surface area contributed by atoms with Gasteiger partial charge < -0.3 is 10.1 Å². The van der Waals surface area contributed by atoms with E-state index in [-0.39, 0.29) is 18.6 Å². The van der Waals surface area contributed by atoms with E-state index in [9.17, 15) is 4.79 Å². The summed E-state index contributed by atoms with van der Waals surface area (Å²) in [6.45, 7) is 1.94. The number of nitrogens with zero attached hydrogens (tertiary/aromatic N) is 1. The molecular weight excluding hydrogens is 400 g/mol. The number of aromatic nitrogens is 1. The molecule has 0 radical (unpaired) electrons. The fraction of sp³-hybridized carbons (Fsp3) is 0.130. The highest BCUT2D eigenvalue weighted by atomic mass is 32.1. The minimum atomic E-state index is -0.178. The van der Waals surface area contributed by atoms with Crippen LogP contribution in [0.3, 0.4) is 0 Å². The summed E-state index contributed by atoms with van der Waals surface area (Å²) in [4.78, 5) is 18.1. The highest BCUT2D eigenvalue weighted by Gasteiger charge is 2.18. The summed E-state index contributed by atoms with van der Waals surface area (Å²) < 4.78 is 5.69. The third kappa shape index (κ3) is 4.91. The molecule has 0 fully saturated rings. The van der Waals surface area contributed by atoms with Gasteiger partial charge in [0.2, 0.25) is 0 Å². The summed E-state index contributed by atoms with van der Waals surface area (Å²) in [5.41, 5.74) is 3.11. The summed E-state index contributed by atoms with van der Waals surface area (Å²) in [6.07, 6.45) is 0. The van der Waals surface area contributed by atoms with E-state index < -0.39 is 0 Å². The Hall–Kier alpha value is -2.96. The summed E-state index contributed by atoms with van der Waals surface area (Å²) in [5, 5.41) is 8.11. The fourth-order valence-corrected chi connectivity index (χ4v) is 4.56. The van der Waals surface area contributed by atoms with Crippen LogP contribution >= 0.6 is 22.7 Å². The molecule has 0 aliphatic heterocycles. The molecule has 1 atom stereocenters. The number of ether oxygens (including phenoxy) is 1. The predicted molar refractivity (Wildman–Crippen MR) is 119 cm³/mol. The van der Waals surface area contributed by atoms with Crippen molar-refractivity contribution in [1.29, 1.82) is 0 Å². The first-order chi connectivity index (χ1) is 14.2. The summed E-state index contributed by atoms with van der Waals surface area (Å²) in [5.74, 6) is 0.497. The van der Waals surface area contributed by atoms with Crippen LogP contribution in [0.1, 0.15) is 22.2 Å². The zero-order valence-corrected chi connectivity index (χ0v) is 17.5. The summed E-state index contributed by atoms with van der Waals surface area (Å²) >= 11 is 3.24. The van der Waals surface area contributed by atoms with Gasteiger partial charge in [-0.15, -0.1) is 22.7 Å². The van der Waals surface area contributed by atoms with Crippen molar-refractivity contribution in [2.45, 2.75) is 13.0 Å². The van der Waals surface area contributed by atoms with Crippen LogP contribution in [0.4, 0.5) is 0 Å². The molecule has 6 heteroatoms. The molecule has 29 heavy (non-hydrogen) atoms. The normalized spacial score (nSPS) is 11.8.